The molecule has 1 saturated heterocycles. The minimum Gasteiger partial charge on any atom is -0.369 e. The van der Waals surface area contributed by atoms with Gasteiger partial charge in [0, 0.05) is 25.0 Å². The van der Waals surface area contributed by atoms with Crippen LogP contribution in [0.3, 0.4) is 0 Å². The number of anilines is 1. The number of nitrogens with zero attached hydrogens (tertiary/aromatic N) is 3. The summed E-state index contributed by atoms with van der Waals surface area (Å²) in [7, 11) is 0. The Morgan fingerprint density at radius 1 is 1.39 bits per heavy atom. The van der Waals surface area contributed by atoms with Gasteiger partial charge in [0.1, 0.15) is 0 Å². The first kappa shape index (κ1) is 14.9. The quantitative estimate of drug-likeness (QED) is 0.769. The summed E-state index contributed by atoms with van der Waals surface area (Å²) >= 11 is 0. The topological polar surface area (TPSA) is 38.2 Å². The van der Waals surface area contributed by atoms with Gasteiger partial charge in [0.2, 0.25) is 5.95 Å². The molecule has 4 heteroatoms. The highest BCUT2D eigenvalue weighted by Crippen LogP contribution is 2.23. The van der Waals surface area contributed by atoms with Crippen molar-refractivity contribution in [2.75, 3.05) is 18.0 Å². The summed E-state index contributed by atoms with van der Waals surface area (Å²) in [6.45, 7) is 14.0. The summed E-state index contributed by atoms with van der Waals surface area (Å²) in [5.74, 6) is 0.809. The Labute approximate surface area is 110 Å². The molecule has 0 spiro atoms. The van der Waals surface area contributed by atoms with Crippen molar-refractivity contribution < 1.29 is 4.74 Å². The van der Waals surface area contributed by atoms with Crippen molar-refractivity contribution in [3.05, 3.63) is 18.0 Å². The second-order valence-corrected chi connectivity index (χ2v) is 5.07. The Hall–Kier alpha value is -1.16. The fourth-order valence-electron chi connectivity index (χ4n) is 2.19. The predicted molar refractivity (Wildman–Crippen MR) is 75.0 cm³/mol. The van der Waals surface area contributed by atoms with Gasteiger partial charge in [-0.25, -0.2) is 9.97 Å². The maximum atomic E-state index is 5.86. The first-order valence-electron chi connectivity index (χ1n) is 6.69. The Kier molecular flexibility index (Phi) is 5.08. The highest BCUT2D eigenvalue weighted by Gasteiger charge is 2.32. The SMILES string of the molecule is CC.Cc1ccnc(N2CC(C)OC(C)(C)C2)n1. The minimum atomic E-state index is -0.134. The third-order valence-electron chi connectivity index (χ3n) is 2.63. The third-order valence-corrected chi connectivity index (χ3v) is 2.63. The Morgan fingerprint density at radius 3 is 2.61 bits per heavy atom. The summed E-state index contributed by atoms with van der Waals surface area (Å²) < 4.78 is 5.86. The molecule has 18 heavy (non-hydrogen) atoms. The van der Waals surface area contributed by atoms with E-state index in [-0.39, 0.29) is 11.7 Å². The van der Waals surface area contributed by atoms with Crippen LogP contribution >= 0.6 is 0 Å². The van der Waals surface area contributed by atoms with Crippen LogP contribution in [-0.2, 0) is 4.74 Å². The second kappa shape index (κ2) is 6.14. The molecule has 1 fully saturated rings. The maximum Gasteiger partial charge on any atom is 0.225 e. The molecule has 2 heterocycles. The first-order valence-corrected chi connectivity index (χ1v) is 6.69. The van der Waals surface area contributed by atoms with Crippen LogP contribution in [-0.4, -0.2) is 34.8 Å². The van der Waals surface area contributed by atoms with Crippen LogP contribution in [0.1, 0.15) is 40.3 Å². The molecule has 0 radical (unpaired) electrons. The standard InChI is InChI=1S/C12H19N3O.C2H6/c1-9-5-6-13-11(14-9)15-7-10(2)16-12(3,4)8-15;1-2/h5-6,10H,7-8H2,1-4H3;1-2H3. The van der Waals surface area contributed by atoms with Crippen molar-refractivity contribution in [2.45, 2.75) is 53.2 Å². The van der Waals surface area contributed by atoms with Crippen molar-refractivity contribution in [1.82, 2.24) is 9.97 Å². The lowest BCUT2D eigenvalue weighted by Crippen LogP contribution is -2.52. The van der Waals surface area contributed by atoms with Gasteiger partial charge in [-0.15, -0.1) is 0 Å². The number of aromatic nitrogens is 2. The number of hydrogen-bond acceptors (Lipinski definition) is 4. The normalized spacial score (nSPS) is 22.1. The second-order valence-electron chi connectivity index (χ2n) is 5.07. The van der Waals surface area contributed by atoms with Gasteiger partial charge in [0.25, 0.3) is 0 Å². The van der Waals surface area contributed by atoms with E-state index in [0.717, 1.165) is 24.7 Å². The van der Waals surface area contributed by atoms with E-state index in [1.807, 2.05) is 33.0 Å². The lowest BCUT2D eigenvalue weighted by Gasteiger charge is -2.41. The smallest absolute Gasteiger partial charge is 0.225 e. The first-order chi connectivity index (χ1) is 8.46. The van der Waals surface area contributed by atoms with Crippen LogP contribution in [0.5, 0.6) is 0 Å². The fraction of sp³-hybridized carbons (Fsp3) is 0.714. The van der Waals surface area contributed by atoms with Crippen LogP contribution in [0, 0.1) is 6.92 Å². The molecule has 2 rings (SSSR count). The largest absolute Gasteiger partial charge is 0.369 e. The molecule has 0 amide bonds. The summed E-state index contributed by atoms with van der Waals surface area (Å²) in [6, 6.07) is 1.92. The van der Waals surface area contributed by atoms with Crippen molar-refractivity contribution in [2.24, 2.45) is 0 Å². The number of ether oxygens (including phenoxy) is 1. The zero-order valence-corrected chi connectivity index (χ0v) is 12.4. The number of morpholine rings is 1. The predicted octanol–water partition coefficient (Wildman–Crippen LogP) is 2.81. The molecule has 1 aliphatic heterocycles. The van der Waals surface area contributed by atoms with Gasteiger partial charge in [0.05, 0.1) is 11.7 Å². The van der Waals surface area contributed by atoms with Crippen molar-refractivity contribution >= 4 is 5.95 Å². The van der Waals surface area contributed by atoms with Crippen LogP contribution in [0.25, 0.3) is 0 Å². The molecular weight excluding hydrogens is 226 g/mol. The summed E-state index contributed by atoms with van der Waals surface area (Å²) in [5, 5.41) is 0. The van der Waals surface area contributed by atoms with E-state index in [1.165, 1.54) is 0 Å². The lowest BCUT2D eigenvalue weighted by molar-refractivity contribution is -0.0753. The van der Waals surface area contributed by atoms with Crippen molar-refractivity contribution in [3.63, 3.8) is 0 Å². The van der Waals surface area contributed by atoms with E-state index < -0.39 is 0 Å². The Bertz CT molecular complexity index is 379. The molecular formula is C14H25N3O. The van der Waals surface area contributed by atoms with Crippen LogP contribution in [0.4, 0.5) is 5.95 Å². The van der Waals surface area contributed by atoms with Crippen molar-refractivity contribution in [3.8, 4) is 0 Å². The third kappa shape index (κ3) is 3.95. The van der Waals surface area contributed by atoms with Gasteiger partial charge in [-0.05, 0) is 33.8 Å². The van der Waals surface area contributed by atoms with Gasteiger partial charge in [-0.2, -0.15) is 0 Å². The van der Waals surface area contributed by atoms with Gasteiger partial charge in [-0.3, -0.25) is 0 Å². The van der Waals surface area contributed by atoms with E-state index >= 15 is 0 Å². The fourth-order valence-corrected chi connectivity index (χ4v) is 2.19. The number of rotatable bonds is 1. The van der Waals surface area contributed by atoms with Gasteiger partial charge in [0.15, 0.2) is 0 Å². The molecule has 0 saturated carbocycles. The van der Waals surface area contributed by atoms with E-state index in [4.69, 9.17) is 4.74 Å². The molecule has 0 bridgehead atoms. The molecule has 1 aliphatic rings. The molecule has 1 unspecified atom stereocenters. The summed E-state index contributed by atoms with van der Waals surface area (Å²) in [5.41, 5.74) is 0.868. The lowest BCUT2D eigenvalue weighted by atomic mass is 10.1. The van der Waals surface area contributed by atoms with Crippen LogP contribution in [0.15, 0.2) is 12.3 Å². The van der Waals surface area contributed by atoms with Gasteiger partial charge >= 0.3 is 0 Å². The molecule has 0 N–H and O–H groups in total. The average molecular weight is 251 g/mol. The highest BCUT2D eigenvalue weighted by atomic mass is 16.5. The Morgan fingerprint density at radius 2 is 2.06 bits per heavy atom. The average Bonchev–Trinajstić information content (AvgIpc) is 2.29. The van der Waals surface area contributed by atoms with Crippen LogP contribution in [0.2, 0.25) is 0 Å². The van der Waals surface area contributed by atoms with E-state index in [0.29, 0.717) is 0 Å². The zero-order chi connectivity index (χ0) is 13.8. The van der Waals surface area contributed by atoms with E-state index in [2.05, 4.69) is 35.6 Å². The molecule has 0 aromatic carbocycles. The van der Waals surface area contributed by atoms with Gasteiger partial charge in [-0.1, -0.05) is 13.8 Å². The monoisotopic (exact) mass is 251 g/mol. The minimum absolute atomic E-state index is 0.134. The van der Waals surface area contributed by atoms with Crippen LogP contribution < -0.4 is 4.90 Å². The molecule has 1 atom stereocenters. The maximum absolute atomic E-state index is 5.86. The molecule has 1 aromatic rings. The summed E-state index contributed by atoms with van der Waals surface area (Å²) in [4.78, 5) is 11.0. The Balaban J connectivity index is 0.000000771. The number of aryl methyl sites for hydroxylation is 1. The van der Waals surface area contributed by atoms with E-state index in [1.54, 1.807) is 0 Å². The number of hydrogen-bond donors (Lipinski definition) is 0. The van der Waals surface area contributed by atoms with Gasteiger partial charge < -0.3 is 9.64 Å². The summed E-state index contributed by atoms with van der Waals surface area (Å²) in [6.07, 6.45) is 2.03. The zero-order valence-electron chi connectivity index (χ0n) is 12.4. The molecule has 4 nitrogen and oxygen atoms in total. The molecule has 102 valence electrons. The highest BCUT2D eigenvalue weighted by molar-refractivity contribution is 5.32. The molecule has 1 aromatic heterocycles. The van der Waals surface area contributed by atoms with Crippen molar-refractivity contribution in [1.29, 1.82) is 0 Å². The van der Waals surface area contributed by atoms with E-state index in [9.17, 15) is 0 Å². The molecule has 0 aliphatic carbocycles.